The molecule has 2 aromatic carbocycles. The Labute approximate surface area is 133 Å². The zero-order valence-corrected chi connectivity index (χ0v) is 13.2. The molecule has 0 spiro atoms. The Morgan fingerprint density at radius 3 is 2.76 bits per heavy atom. The Kier molecular flexibility index (Phi) is 5.66. The summed E-state index contributed by atoms with van der Waals surface area (Å²) in [6.45, 7) is 5.35. The summed E-state index contributed by atoms with van der Waals surface area (Å²) in [5.74, 6) is 0.589. The molecule has 2 aromatic rings. The van der Waals surface area contributed by atoms with Crippen LogP contribution in [0.4, 0.5) is 5.69 Å². The van der Waals surface area contributed by atoms with E-state index in [1.807, 2.05) is 0 Å². The van der Waals surface area contributed by atoms with Crippen molar-refractivity contribution in [1.29, 1.82) is 0 Å². The lowest BCUT2D eigenvalue weighted by Crippen LogP contribution is -2.18. The van der Waals surface area contributed by atoms with Crippen LogP contribution in [0, 0.1) is 0 Å². The minimum absolute atomic E-state index is 0. The lowest BCUT2D eigenvalue weighted by atomic mass is 9.95. The number of halogens is 1. The van der Waals surface area contributed by atoms with Gasteiger partial charge in [0, 0.05) is 18.8 Å². The Bertz CT molecular complexity index is 569. The fourth-order valence-corrected chi connectivity index (χ4v) is 2.84. The molecule has 3 rings (SSSR count). The highest BCUT2D eigenvalue weighted by Gasteiger charge is 2.14. The molecule has 1 aliphatic rings. The second-order valence-corrected chi connectivity index (χ2v) is 5.61. The van der Waals surface area contributed by atoms with E-state index in [-0.39, 0.29) is 12.4 Å². The van der Waals surface area contributed by atoms with Crippen molar-refractivity contribution in [2.45, 2.75) is 25.8 Å². The van der Waals surface area contributed by atoms with Gasteiger partial charge in [0.25, 0.3) is 0 Å². The van der Waals surface area contributed by atoms with Gasteiger partial charge in [-0.05, 0) is 47.7 Å². The molecule has 3 heteroatoms. The number of hydrogen-bond donors (Lipinski definition) is 2. The fourth-order valence-electron chi connectivity index (χ4n) is 2.84. The molecule has 21 heavy (non-hydrogen) atoms. The van der Waals surface area contributed by atoms with E-state index in [4.69, 9.17) is 0 Å². The van der Waals surface area contributed by atoms with Gasteiger partial charge in [0.2, 0.25) is 0 Å². The predicted octanol–water partition coefficient (Wildman–Crippen LogP) is 3.97. The van der Waals surface area contributed by atoms with Gasteiger partial charge in [-0.15, -0.1) is 12.4 Å². The van der Waals surface area contributed by atoms with Crippen LogP contribution in [0.2, 0.25) is 0 Å². The molecule has 0 saturated heterocycles. The van der Waals surface area contributed by atoms with Gasteiger partial charge >= 0.3 is 0 Å². The number of hydrogen-bond acceptors (Lipinski definition) is 2. The van der Waals surface area contributed by atoms with Crippen LogP contribution in [-0.2, 0) is 13.0 Å². The molecule has 0 saturated carbocycles. The van der Waals surface area contributed by atoms with Crippen LogP contribution in [0.25, 0.3) is 0 Å². The topological polar surface area (TPSA) is 24.1 Å². The van der Waals surface area contributed by atoms with Crippen LogP contribution in [0.15, 0.2) is 48.5 Å². The summed E-state index contributed by atoms with van der Waals surface area (Å²) in [5, 5.41) is 7.03. The molecule has 0 radical (unpaired) electrons. The molecule has 0 fully saturated rings. The standard InChI is InChI=1S/C18H22N2.ClH/c1-14-12-19-10-9-16-7-8-17(11-18(14)16)20-13-15-5-3-2-4-6-15;/h2-8,11,14,19-20H,9-10,12-13H2,1H3;1H. The van der Waals surface area contributed by atoms with Crippen LogP contribution in [0.1, 0.15) is 29.5 Å². The first kappa shape index (κ1) is 15.9. The van der Waals surface area contributed by atoms with Gasteiger partial charge < -0.3 is 10.6 Å². The lowest BCUT2D eigenvalue weighted by molar-refractivity contribution is 0.644. The van der Waals surface area contributed by atoms with Crippen LogP contribution in [0.3, 0.4) is 0 Å². The van der Waals surface area contributed by atoms with E-state index in [9.17, 15) is 0 Å². The van der Waals surface area contributed by atoms with Gasteiger partial charge in [-0.3, -0.25) is 0 Å². The zero-order chi connectivity index (χ0) is 13.8. The highest BCUT2D eigenvalue weighted by atomic mass is 35.5. The van der Waals surface area contributed by atoms with Crippen molar-refractivity contribution < 1.29 is 0 Å². The predicted molar refractivity (Wildman–Crippen MR) is 92.4 cm³/mol. The van der Waals surface area contributed by atoms with Gasteiger partial charge in [0.05, 0.1) is 0 Å². The molecule has 112 valence electrons. The minimum Gasteiger partial charge on any atom is -0.381 e. The van der Waals surface area contributed by atoms with Gasteiger partial charge in [-0.25, -0.2) is 0 Å². The molecule has 0 aromatic heterocycles. The first-order chi connectivity index (χ1) is 9.83. The van der Waals surface area contributed by atoms with Gasteiger partial charge in [-0.1, -0.05) is 43.3 Å². The summed E-state index contributed by atoms with van der Waals surface area (Å²) in [6, 6.07) is 17.4. The average Bonchev–Trinajstić information content (AvgIpc) is 2.68. The third kappa shape index (κ3) is 3.99. The summed E-state index contributed by atoms with van der Waals surface area (Å²) in [5.41, 5.74) is 5.53. The van der Waals surface area contributed by atoms with E-state index in [0.717, 1.165) is 26.1 Å². The summed E-state index contributed by atoms with van der Waals surface area (Å²) in [6.07, 6.45) is 1.14. The maximum atomic E-state index is 3.53. The van der Waals surface area contributed by atoms with Crippen molar-refractivity contribution in [3.8, 4) is 0 Å². The monoisotopic (exact) mass is 302 g/mol. The Morgan fingerprint density at radius 2 is 1.95 bits per heavy atom. The largest absolute Gasteiger partial charge is 0.381 e. The highest BCUT2D eigenvalue weighted by molar-refractivity contribution is 5.85. The normalized spacial score (nSPS) is 17.3. The maximum absolute atomic E-state index is 3.53. The summed E-state index contributed by atoms with van der Waals surface area (Å²) in [7, 11) is 0. The van der Waals surface area contributed by atoms with Crippen LogP contribution >= 0.6 is 12.4 Å². The van der Waals surface area contributed by atoms with E-state index in [2.05, 4.69) is 66.1 Å². The van der Waals surface area contributed by atoms with Crippen LogP contribution in [-0.4, -0.2) is 13.1 Å². The number of nitrogens with one attached hydrogen (secondary N) is 2. The molecule has 0 aliphatic carbocycles. The average molecular weight is 303 g/mol. The molecule has 1 aliphatic heterocycles. The summed E-state index contributed by atoms with van der Waals surface area (Å²) < 4.78 is 0. The van der Waals surface area contributed by atoms with Gasteiger partial charge in [0.15, 0.2) is 0 Å². The molecule has 1 atom stereocenters. The van der Waals surface area contributed by atoms with Crippen LogP contribution < -0.4 is 10.6 Å². The molecular formula is C18H23ClN2. The molecule has 2 nitrogen and oxygen atoms in total. The van der Waals surface area contributed by atoms with Gasteiger partial charge in [-0.2, -0.15) is 0 Å². The Balaban J connectivity index is 0.00000161. The zero-order valence-electron chi connectivity index (χ0n) is 12.4. The fraction of sp³-hybridized carbons (Fsp3) is 0.333. The SMILES string of the molecule is CC1CNCCc2ccc(NCc3ccccc3)cc21.Cl. The second kappa shape index (κ2) is 7.48. The quantitative estimate of drug-likeness (QED) is 0.896. The van der Waals surface area contributed by atoms with Crippen LogP contribution in [0.5, 0.6) is 0 Å². The number of fused-ring (bicyclic) bond motifs is 1. The van der Waals surface area contributed by atoms with E-state index >= 15 is 0 Å². The Morgan fingerprint density at radius 1 is 1.14 bits per heavy atom. The summed E-state index contributed by atoms with van der Waals surface area (Å²) >= 11 is 0. The van der Waals surface area contributed by atoms with E-state index < -0.39 is 0 Å². The first-order valence-corrected chi connectivity index (χ1v) is 7.44. The second-order valence-electron chi connectivity index (χ2n) is 5.61. The summed E-state index contributed by atoms with van der Waals surface area (Å²) in [4.78, 5) is 0. The Hall–Kier alpha value is -1.51. The maximum Gasteiger partial charge on any atom is 0.0400 e. The first-order valence-electron chi connectivity index (χ1n) is 7.44. The van der Waals surface area contributed by atoms with Crippen molar-refractivity contribution >= 4 is 18.1 Å². The van der Waals surface area contributed by atoms with E-state index in [0.29, 0.717) is 5.92 Å². The minimum atomic E-state index is 0. The van der Waals surface area contributed by atoms with Crippen molar-refractivity contribution in [2.24, 2.45) is 0 Å². The third-order valence-corrected chi connectivity index (χ3v) is 4.04. The van der Waals surface area contributed by atoms with Gasteiger partial charge in [0.1, 0.15) is 0 Å². The molecule has 2 N–H and O–H groups in total. The number of benzene rings is 2. The molecule has 0 bridgehead atoms. The lowest BCUT2D eigenvalue weighted by Gasteiger charge is -2.15. The van der Waals surface area contributed by atoms with E-state index in [1.165, 1.54) is 22.4 Å². The number of rotatable bonds is 3. The number of anilines is 1. The third-order valence-electron chi connectivity index (χ3n) is 4.04. The smallest absolute Gasteiger partial charge is 0.0400 e. The molecule has 0 amide bonds. The molecule has 1 heterocycles. The highest BCUT2D eigenvalue weighted by Crippen LogP contribution is 2.25. The van der Waals surface area contributed by atoms with Crippen molar-refractivity contribution in [2.75, 3.05) is 18.4 Å². The molecule has 1 unspecified atom stereocenters. The van der Waals surface area contributed by atoms with E-state index in [1.54, 1.807) is 0 Å². The van der Waals surface area contributed by atoms with Crippen molar-refractivity contribution in [3.05, 3.63) is 65.2 Å². The van der Waals surface area contributed by atoms with Crippen molar-refractivity contribution in [3.63, 3.8) is 0 Å². The molecular weight excluding hydrogens is 280 g/mol. The van der Waals surface area contributed by atoms with Crippen molar-refractivity contribution in [1.82, 2.24) is 5.32 Å².